The summed E-state index contributed by atoms with van der Waals surface area (Å²) in [7, 11) is -2.11. The average Bonchev–Trinajstić information content (AvgIpc) is 2.79. The predicted molar refractivity (Wildman–Crippen MR) is 152 cm³/mol. The zero-order valence-electron chi connectivity index (χ0n) is 25.2. The van der Waals surface area contributed by atoms with E-state index in [1.54, 1.807) is 26.8 Å². The van der Waals surface area contributed by atoms with E-state index < -0.39 is 19.8 Å². The molecule has 4 atom stereocenters. The molecule has 0 aromatic carbocycles. The highest BCUT2D eigenvalue weighted by Gasteiger charge is 2.49. The predicted octanol–water partition coefficient (Wildman–Crippen LogP) is 6.84. The molecule has 1 saturated heterocycles. The third-order valence-corrected chi connectivity index (χ3v) is 14.0. The van der Waals surface area contributed by atoms with E-state index in [0.29, 0.717) is 29.5 Å². The minimum atomic E-state index is -2.11. The molecule has 0 aliphatic carbocycles. The molecular weight excluding hydrogens is 486 g/mol. The monoisotopic (exact) mass is 541 g/mol. The van der Waals surface area contributed by atoms with E-state index in [1.807, 2.05) is 4.90 Å². The van der Waals surface area contributed by atoms with Crippen LogP contribution in [0, 0.1) is 5.41 Å². The molecule has 216 valence electrons. The van der Waals surface area contributed by atoms with E-state index in [-0.39, 0.29) is 43.5 Å². The van der Waals surface area contributed by atoms with E-state index in [4.69, 9.17) is 13.9 Å². The van der Waals surface area contributed by atoms with Gasteiger partial charge in [0.2, 0.25) is 8.32 Å². The fraction of sp³-hybridized carbons (Fsp3) is 0.862. The molecule has 1 aliphatic rings. The van der Waals surface area contributed by atoms with Crippen LogP contribution in [0.25, 0.3) is 0 Å². The Morgan fingerprint density at radius 2 is 1.62 bits per heavy atom. The van der Waals surface area contributed by atoms with Crippen molar-refractivity contribution in [2.45, 2.75) is 142 Å². The summed E-state index contributed by atoms with van der Waals surface area (Å²) >= 11 is 0. The maximum absolute atomic E-state index is 13.2. The summed E-state index contributed by atoms with van der Waals surface area (Å²) in [5.74, 6) is -0.321. The summed E-state index contributed by atoms with van der Waals surface area (Å²) in [5, 5.41) is 10.4. The molecule has 37 heavy (non-hydrogen) atoms. The molecule has 0 aromatic rings. The summed E-state index contributed by atoms with van der Waals surface area (Å²) in [5.41, 5.74) is 0.802. The fourth-order valence-electron chi connectivity index (χ4n) is 5.94. The quantitative estimate of drug-likeness (QED) is 0.156. The van der Waals surface area contributed by atoms with Gasteiger partial charge in [-0.25, -0.2) is 4.79 Å². The van der Waals surface area contributed by atoms with Crippen molar-refractivity contribution < 1.29 is 28.6 Å². The van der Waals surface area contributed by atoms with Gasteiger partial charge in [-0.3, -0.25) is 9.69 Å². The van der Waals surface area contributed by atoms with Gasteiger partial charge in [0.1, 0.15) is 13.2 Å². The van der Waals surface area contributed by atoms with Crippen LogP contribution in [-0.2, 0) is 18.7 Å². The van der Waals surface area contributed by atoms with Crippen molar-refractivity contribution in [1.29, 1.82) is 0 Å². The van der Waals surface area contributed by atoms with Gasteiger partial charge in [-0.15, -0.1) is 0 Å². The van der Waals surface area contributed by atoms with Gasteiger partial charge in [-0.1, -0.05) is 54.2 Å². The first-order valence-electron chi connectivity index (χ1n) is 14.2. The molecule has 7 nitrogen and oxygen atoms in total. The van der Waals surface area contributed by atoms with Crippen LogP contribution in [0.5, 0.6) is 0 Å². The second kappa shape index (κ2) is 14.7. The van der Waals surface area contributed by atoms with Crippen molar-refractivity contribution in [2.75, 3.05) is 13.2 Å². The van der Waals surface area contributed by atoms with Crippen LogP contribution in [0.2, 0.25) is 16.6 Å². The Bertz CT molecular complexity index is 711. The zero-order chi connectivity index (χ0) is 28.6. The van der Waals surface area contributed by atoms with E-state index in [2.05, 4.69) is 55.0 Å². The molecule has 8 heteroatoms. The lowest BCUT2D eigenvalue weighted by Gasteiger charge is -2.50. The van der Waals surface area contributed by atoms with Crippen molar-refractivity contribution in [3.8, 4) is 0 Å². The molecule has 0 spiro atoms. The van der Waals surface area contributed by atoms with Gasteiger partial charge < -0.3 is 19.0 Å². The second-order valence-corrected chi connectivity index (χ2v) is 18.1. The number of ether oxygens (including phenoxy) is 2. The molecule has 0 radical (unpaired) electrons. The van der Waals surface area contributed by atoms with E-state index in [9.17, 15) is 14.7 Å². The van der Waals surface area contributed by atoms with Crippen LogP contribution in [0.4, 0.5) is 4.79 Å². The highest BCUT2D eigenvalue weighted by molar-refractivity contribution is 6.77. The SMILES string of the molecule is C=CCOC(=O)N1[C@@H](CCC[C@@H](O)COC(=O)C(C)(C)C)CC[C@@H](O[Si](C(C)C)(C(C)C)C(C)C)[C@@H]1C. The largest absolute Gasteiger partial charge is 0.463 e. The number of hydrogen-bond acceptors (Lipinski definition) is 6. The normalized spacial score (nSPS) is 21.9. The Morgan fingerprint density at radius 1 is 1.05 bits per heavy atom. The molecule has 1 rings (SSSR count). The Hall–Kier alpha value is -1.38. The number of carbonyl (C=O) groups excluding carboxylic acids is 2. The molecular formula is C29H55NO6Si. The van der Waals surface area contributed by atoms with Crippen LogP contribution in [0.15, 0.2) is 12.7 Å². The lowest BCUT2D eigenvalue weighted by molar-refractivity contribution is -0.156. The van der Waals surface area contributed by atoms with Crippen LogP contribution < -0.4 is 0 Å². The number of likely N-dealkylation sites (tertiary alicyclic amines) is 1. The summed E-state index contributed by atoms with van der Waals surface area (Å²) < 4.78 is 17.9. The third kappa shape index (κ3) is 9.10. The Kier molecular flexibility index (Phi) is 13.4. The number of aliphatic hydroxyl groups is 1. The molecule has 1 fully saturated rings. The standard InChI is InChI=1S/C29H55NO6Si/c1-12-18-34-28(33)30-23(8)26(36-37(20(2)3,21(4)5)22(6)7)17-16-24(30)14-13-15-25(31)19-35-27(32)29(9,10)11/h12,20-26,31H,1,13-19H2,2-11H3/t23-,24-,25+,26+/m0/s1. The van der Waals surface area contributed by atoms with E-state index in [1.165, 1.54) is 0 Å². The van der Waals surface area contributed by atoms with Gasteiger partial charge in [-0.05, 0) is 76.4 Å². The minimum absolute atomic E-state index is 0.00436. The number of amides is 1. The first-order valence-corrected chi connectivity index (χ1v) is 16.3. The van der Waals surface area contributed by atoms with Crippen LogP contribution in [-0.4, -0.2) is 67.9 Å². The van der Waals surface area contributed by atoms with Crippen molar-refractivity contribution in [3.05, 3.63) is 12.7 Å². The van der Waals surface area contributed by atoms with Gasteiger partial charge in [0.05, 0.1) is 23.7 Å². The lowest BCUT2D eigenvalue weighted by atomic mass is 9.91. The zero-order valence-corrected chi connectivity index (χ0v) is 26.2. The molecule has 0 aromatic heterocycles. The Morgan fingerprint density at radius 3 is 2.11 bits per heavy atom. The summed E-state index contributed by atoms with van der Waals surface area (Å²) in [6.45, 7) is 25.0. The fourth-order valence-corrected chi connectivity index (χ4v) is 11.6. The first-order chi connectivity index (χ1) is 17.1. The second-order valence-electron chi connectivity index (χ2n) is 12.7. The molecule has 1 aliphatic heterocycles. The Labute approximate surface area is 227 Å². The number of nitrogens with zero attached hydrogens (tertiary/aromatic N) is 1. The highest BCUT2D eigenvalue weighted by atomic mass is 28.4. The first kappa shape index (κ1) is 33.6. The van der Waals surface area contributed by atoms with Gasteiger partial charge in [0.15, 0.2) is 0 Å². The number of piperidine rings is 1. The van der Waals surface area contributed by atoms with Gasteiger partial charge in [-0.2, -0.15) is 0 Å². The smallest absolute Gasteiger partial charge is 0.410 e. The van der Waals surface area contributed by atoms with E-state index >= 15 is 0 Å². The summed E-state index contributed by atoms with van der Waals surface area (Å²) in [6, 6.07) is -0.110. The van der Waals surface area contributed by atoms with Crippen LogP contribution in [0.1, 0.15) is 101 Å². The topological polar surface area (TPSA) is 85.3 Å². The lowest BCUT2D eigenvalue weighted by Crippen LogP contribution is -2.60. The van der Waals surface area contributed by atoms with Crippen molar-refractivity contribution in [2.24, 2.45) is 5.41 Å². The van der Waals surface area contributed by atoms with Gasteiger partial charge in [0.25, 0.3) is 0 Å². The van der Waals surface area contributed by atoms with Crippen LogP contribution >= 0.6 is 0 Å². The van der Waals surface area contributed by atoms with Crippen LogP contribution in [0.3, 0.4) is 0 Å². The van der Waals surface area contributed by atoms with Gasteiger partial charge in [0, 0.05) is 6.04 Å². The number of esters is 1. The highest BCUT2D eigenvalue weighted by Crippen LogP contribution is 2.45. The maximum Gasteiger partial charge on any atom is 0.410 e. The molecule has 0 saturated carbocycles. The third-order valence-electron chi connectivity index (χ3n) is 7.85. The summed E-state index contributed by atoms with van der Waals surface area (Å²) in [6.07, 6.45) is 4.16. The van der Waals surface area contributed by atoms with E-state index in [0.717, 1.165) is 19.3 Å². The Balaban J connectivity index is 2.93. The molecule has 0 unspecified atom stereocenters. The number of aliphatic hydroxyl groups excluding tert-OH is 1. The molecule has 1 N–H and O–H groups in total. The van der Waals surface area contributed by atoms with Gasteiger partial charge >= 0.3 is 12.1 Å². The molecule has 0 bridgehead atoms. The summed E-state index contributed by atoms with van der Waals surface area (Å²) in [4.78, 5) is 27.0. The maximum atomic E-state index is 13.2. The minimum Gasteiger partial charge on any atom is -0.463 e. The molecule has 1 heterocycles. The van der Waals surface area contributed by atoms with Crippen molar-refractivity contribution in [1.82, 2.24) is 4.90 Å². The molecule has 1 amide bonds. The van der Waals surface area contributed by atoms with Crippen molar-refractivity contribution >= 4 is 20.4 Å². The number of rotatable bonds is 13. The average molecular weight is 542 g/mol. The number of carbonyl (C=O) groups is 2. The number of hydrogen-bond donors (Lipinski definition) is 1. The van der Waals surface area contributed by atoms with Crippen molar-refractivity contribution in [3.63, 3.8) is 0 Å².